The van der Waals surface area contributed by atoms with Crippen LogP contribution in [0.1, 0.15) is 29.6 Å². The molecule has 1 aromatic heterocycles. The number of rotatable bonds is 4. The summed E-state index contributed by atoms with van der Waals surface area (Å²) < 4.78 is 1.69. The van der Waals surface area contributed by atoms with Gasteiger partial charge in [-0.05, 0) is 25.0 Å². The van der Waals surface area contributed by atoms with E-state index in [1.165, 1.54) is 0 Å². The third kappa shape index (κ3) is 2.97. The molecule has 110 valence electrons. The van der Waals surface area contributed by atoms with E-state index in [0.29, 0.717) is 5.56 Å². The number of amides is 1. The van der Waals surface area contributed by atoms with Gasteiger partial charge in [-0.3, -0.25) is 4.79 Å². The molecule has 0 saturated heterocycles. The normalized spacial score (nSPS) is 21.4. The fraction of sp³-hybridized carbons (Fsp3) is 0.375. The molecule has 2 aromatic rings. The van der Waals surface area contributed by atoms with Crippen molar-refractivity contribution >= 4 is 5.91 Å². The largest absolute Gasteiger partial charge is 0.396 e. The first-order valence-corrected chi connectivity index (χ1v) is 7.30. The molecule has 21 heavy (non-hydrogen) atoms. The molecule has 2 atom stereocenters. The maximum absolute atomic E-state index is 12.3. The lowest BCUT2D eigenvalue weighted by Gasteiger charge is -2.18. The number of benzene rings is 1. The Hall–Kier alpha value is -2.14. The summed E-state index contributed by atoms with van der Waals surface area (Å²) in [6.07, 6.45) is 6.27. The number of para-hydroxylation sites is 1. The van der Waals surface area contributed by atoms with Crippen LogP contribution >= 0.6 is 0 Å². The minimum Gasteiger partial charge on any atom is -0.396 e. The van der Waals surface area contributed by atoms with Crippen LogP contribution in [0.15, 0.2) is 42.7 Å². The van der Waals surface area contributed by atoms with E-state index in [4.69, 9.17) is 0 Å². The third-order valence-electron chi connectivity index (χ3n) is 4.08. The molecule has 0 spiro atoms. The molecule has 1 aliphatic carbocycles. The molecule has 1 aromatic carbocycles. The van der Waals surface area contributed by atoms with Gasteiger partial charge in [0, 0.05) is 24.8 Å². The van der Waals surface area contributed by atoms with Crippen molar-refractivity contribution < 1.29 is 9.90 Å². The van der Waals surface area contributed by atoms with Crippen molar-refractivity contribution in [2.75, 3.05) is 6.61 Å². The quantitative estimate of drug-likeness (QED) is 0.899. The van der Waals surface area contributed by atoms with Crippen LogP contribution in [0.5, 0.6) is 0 Å². The number of nitrogens with one attached hydrogen (secondary N) is 1. The summed E-state index contributed by atoms with van der Waals surface area (Å²) in [5.74, 6) is 0.0562. The van der Waals surface area contributed by atoms with E-state index in [1.54, 1.807) is 17.1 Å². The zero-order chi connectivity index (χ0) is 14.7. The van der Waals surface area contributed by atoms with Gasteiger partial charge in [-0.2, -0.15) is 5.10 Å². The van der Waals surface area contributed by atoms with Crippen LogP contribution in [0.25, 0.3) is 5.69 Å². The van der Waals surface area contributed by atoms with Gasteiger partial charge in [0.15, 0.2) is 0 Å². The standard InChI is InChI=1S/C16H19N3O2/c20-11-12-5-4-8-15(12)18-16(21)13-9-17-19(10-13)14-6-2-1-3-7-14/h1-3,6-7,9-10,12,15,20H,4-5,8,11H2,(H,18,21). The highest BCUT2D eigenvalue weighted by atomic mass is 16.3. The number of hydrogen-bond donors (Lipinski definition) is 2. The minimum absolute atomic E-state index is 0.0718. The van der Waals surface area contributed by atoms with Crippen LogP contribution in [-0.4, -0.2) is 33.4 Å². The average Bonchev–Trinajstić information content (AvgIpc) is 3.17. The van der Waals surface area contributed by atoms with Crippen molar-refractivity contribution in [3.63, 3.8) is 0 Å². The second kappa shape index (κ2) is 6.10. The second-order valence-electron chi connectivity index (χ2n) is 5.46. The lowest BCUT2D eigenvalue weighted by Crippen LogP contribution is -2.38. The van der Waals surface area contributed by atoms with Crippen molar-refractivity contribution in [1.82, 2.24) is 15.1 Å². The zero-order valence-electron chi connectivity index (χ0n) is 11.8. The van der Waals surface area contributed by atoms with E-state index >= 15 is 0 Å². The Bertz CT molecular complexity index is 609. The number of aromatic nitrogens is 2. The van der Waals surface area contributed by atoms with Gasteiger partial charge in [0.1, 0.15) is 0 Å². The smallest absolute Gasteiger partial charge is 0.254 e. The zero-order valence-corrected chi connectivity index (χ0v) is 11.8. The van der Waals surface area contributed by atoms with Crippen molar-refractivity contribution in [1.29, 1.82) is 0 Å². The molecular formula is C16H19N3O2. The summed E-state index contributed by atoms with van der Waals surface area (Å²) >= 11 is 0. The van der Waals surface area contributed by atoms with E-state index in [-0.39, 0.29) is 24.5 Å². The molecule has 2 N–H and O–H groups in total. The van der Waals surface area contributed by atoms with Gasteiger partial charge in [-0.25, -0.2) is 4.68 Å². The van der Waals surface area contributed by atoms with Gasteiger partial charge in [-0.15, -0.1) is 0 Å². The Kier molecular flexibility index (Phi) is 4.01. The number of aliphatic hydroxyl groups excluding tert-OH is 1. The highest BCUT2D eigenvalue weighted by Crippen LogP contribution is 2.25. The first-order chi connectivity index (χ1) is 10.3. The molecule has 2 unspecified atom stereocenters. The van der Waals surface area contributed by atoms with Gasteiger partial charge in [0.2, 0.25) is 0 Å². The van der Waals surface area contributed by atoms with Crippen LogP contribution in [-0.2, 0) is 0 Å². The van der Waals surface area contributed by atoms with Crippen LogP contribution in [0.2, 0.25) is 0 Å². The number of carbonyl (C=O) groups excluding carboxylic acids is 1. The molecular weight excluding hydrogens is 266 g/mol. The van der Waals surface area contributed by atoms with Crippen molar-refractivity contribution in [2.24, 2.45) is 5.92 Å². The molecule has 1 amide bonds. The Balaban J connectivity index is 1.70. The van der Waals surface area contributed by atoms with Crippen molar-refractivity contribution in [3.05, 3.63) is 48.3 Å². The topological polar surface area (TPSA) is 67.2 Å². The summed E-state index contributed by atoms with van der Waals surface area (Å²) in [5, 5.41) is 16.5. The summed E-state index contributed by atoms with van der Waals surface area (Å²) in [7, 11) is 0. The Morgan fingerprint density at radius 1 is 1.33 bits per heavy atom. The number of carbonyl (C=O) groups is 1. The first kappa shape index (κ1) is 13.8. The Morgan fingerprint density at radius 3 is 2.90 bits per heavy atom. The van der Waals surface area contributed by atoms with E-state index < -0.39 is 0 Å². The maximum atomic E-state index is 12.3. The van der Waals surface area contributed by atoms with E-state index in [9.17, 15) is 9.90 Å². The summed E-state index contributed by atoms with van der Waals surface area (Å²) in [4.78, 5) is 12.3. The average molecular weight is 285 g/mol. The second-order valence-corrected chi connectivity index (χ2v) is 5.46. The maximum Gasteiger partial charge on any atom is 0.254 e. The molecule has 1 heterocycles. The highest BCUT2D eigenvalue weighted by Gasteiger charge is 2.28. The third-order valence-corrected chi connectivity index (χ3v) is 4.08. The predicted molar refractivity (Wildman–Crippen MR) is 79.2 cm³/mol. The molecule has 0 radical (unpaired) electrons. The fourth-order valence-electron chi connectivity index (χ4n) is 2.86. The SMILES string of the molecule is O=C(NC1CCCC1CO)c1cnn(-c2ccccc2)c1. The molecule has 5 nitrogen and oxygen atoms in total. The van der Waals surface area contributed by atoms with Crippen molar-refractivity contribution in [2.45, 2.75) is 25.3 Å². The summed E-state index contributed by atoms with van der Waals surface area (Å²) in [6, 6.07) is 9.75. The lowest BCUT2D eigenvalue weighted by molar-refractivity contribution is 0.0916. The highest BCUT2D eigenvalue weighted by molar-refractivity contribution is 5.94. The molecule has 1 aliphatic rings. The van der Waals surface area contributed by atoms with E-state index in [0.717, 1.165) is 24.9 Å². The molecule has 0 aliphatic heterocycles. The van der Waals surface area contributed by atoms with Gasteiger partial charge in [0.05, 0.1) is 17.4 Å². The molecule has 3 rings (SSSR count). The van der Waals surface area contributed by atoms with Crippen LogP contribution in [0, 0.1) is 5.92 Å². The summed E-state index contributed by atoms with van der Waals surface area (Å²) in [5.41, 5.74) is 1.47. The fourth-order valence-corrected chi connectivity index (χ4v) is 2.86. The van der Waals surface area contributed by atoms with Crippen LogP contribution < -0.4 is 5.32 Å². The van der Waals surface area contributed by atoms with E-state index in [2.05, 4.69) is 10.4 Å². The molecule has 5 heteroatoms. The Morgan fingerprint density at radius 2 is 2.14 bits per heavy atom. The summed E-state index contributed by atoms with van der Waals surface area (Å²) in [6.45, 7) is 0.133. The monoisotopic (exact) mass is 285 g/mol. The van der Waals surface area contributed by atoms with Gasteiger partial charge in [0.25, 0.3) is 5.91 Å². The van der Waals surface area contributed by atoms with Crippen LogP contribution in [0.3, 0.4) is 0 Å². The minimum atomic E-state index is -0.123. The lowest BCUT2D eigenvalue weighted by atomic mass is 10.0. The molecule has 1 saturated carbocycles. The van der Waals surface area contributed by atoms with Gasteiger partial charge >= 0.3 is 0 Å². The van der Waals surface area contributed by atoms with Crippen LogP contribution in [0.4, 0.5) is 0 Å². The molecule has 0 bridgehead atoms. The Labute approximate surface area is 123 Å². The van der Waals surface area contributed by atoms with Gasteiger partial charge in [-0.1, -0.05) is 24.6 Å². The number of aliphatic hydroxyl groups is 1. The van der Waals surface area contributed by atoms with E-state index in [1.807, 2.05) is 30.3 Å². The number of nitrogens with zero attached hydrogens (tertiary/aromatic N) is 2. The number of hydrogen-bond acceptors (Lipinski definition) is 3. The van der Waals surface area contributed by atoms with Gasteiger partial charge < -0.3 is 10.4 Å². The van der Waals surface area contributed by atoms with Crippen molar-refractivity contribution in [3.8, 4) is 5.69 Å². The predicted octanol–water partition coefficient (Wildman–Crippen LogP) is 1.76. The first-order valence-electron chi connectivity index (χ1n) is 7.30. The molecule has 1 fully saturated rings.